The third-order valence-corrected chi connectivity index (χ3v) is 3.52. The number of rotatable bonds is 4. The first-order valence-corrected chi connectivity index (χ1v) is 6.64. The van der Waals surface area contributed by atoms with Gasteiger partial charge in [0.2, 0.25) is 0 Å². The maximum atomic E-state index is 10.9. The highest BCUT2D eigenvalue weighted by Gasteiger charge is 2.09. The average molecular weight is 317 g/mol. The van der Waals surface area contributed by atoms with Crippen molar-refractivity contribution >= 4 is 21.9 Å². The molecule has 0 radical (unpaired) electrons. The molecule has 2 aromatic carbocycles. The van der Waals surface area contributed by atoms with Crippen molar-refractivity contribution in [2.24, 2.45) is 0 Å². The van der Waals surface area contributed by atoms with E-state index in [1.807, 2.05) is 30.3 Å². The molecular formula is C16H13BrO2. The predicted molar refractivity (Wildman–Crippen MR) is 80.4 cm³/mol. The molecule has 0 heterocycles. The van der Waals surface area contributed by atoms with Gasteiger partial charge in [-0.15, -0.1) is 6.58 Å². The minimum absolute atomic E-state index is 0.270. The Kier molecular flexibility index (Phi) is 4.17. The molecular weight excluding hydrogens is 304 g/mol. The lowest BCUT2D eigenvalue weighted by molar-refractivity contribution is 0.0696. The second-order valence-corrected chi connectivity index (χ2v) is 5.04. The molecule has 2 aromatic rings. The van der Waals surface area contributed by atoms with Crippen LogP contribution >= 0.6 is 15.9 Å². The molecule has 0 aliphatic heterocycles. The Morgan fingerprint density at radius 2 is 1.79 bits per heavy atom. The number of carboxylic acid groups (broad SMARTS) is 1. The predicted octanol–water partition coefficient (Wildman–Crippen LogP) is 4.54. The summed E-state index contributed by atoms with van der Waals surface area (Å²) in [5.74, 6) is -0.931. The molecule has 0 saturated carbocycles. The molecule has 0 aliphatic carbocycles. The van der Waals surface area contributed by atoms with Crippen LogP contribution in [0.25, 0.3) is 11.1 Å². The fraction of sp³-hybridized carbons (Fsp3) is 0.0625. The summed E-state index contributed by atoms with van der Waals surface area (Å²) in [6.45, 7) is 3.71. The summed E-state index contributed by atoms with van der Waals surface area (Å²) >= 11 is 3.29. The molecule has 2 rings (SSSR count). The maximum Gasteiger partial charge on any atom is 0.336 e. The average Bonchev–Trinajstić information content (AvgIpc) is 2.39. The van der Waals surface area contributed by atoms with Crippen LogP contribution in [0.15, 0.2) is 59.6 Å². The van der Waals surface area contributed by atoms with Crippen LogP contribution in [0, 0.1) is 0 Å². The van der Waals surface area contributed by atoms with Gasteiger partial charge < -0.3 is 5.11 Å². The molecule has 0 aromatic heterocycles. The van der Waals surface area contributed by atoms with Crippen molar-refractivity contribution in [1.29, 1.82) is 0 Å². The number of benzene rings is 2. The van der Waals surface area contributed by atoms with E-state index < -0.39 is 5.97 Å². The highest BCUT2D eigenvalue weighted by atomic mass is 79.9. The van der Waals surface area contributed by atoms with Gasteiger partial charge in [-0.1, -0.05) is 36.4 Å². The van der Waals surface area contributed by atoms with E-state index in [0.717, 1.165) is 17.5 Å². The molecule has 0 amide bonds. The first-order chi connectivity index (χ1) is 9.11. The number of allylic oxidation sites excluding steroid dienone is 1. The smallest absolute Gasteiger partial charge is 0.336 e. The Morgan fingerprint density at radius 1 is 1.16 bits per heavy atom. The van der Waals surface area contributed by atoms with Crippen molar-refractivity contribution in [3.05, 3.63) is 70.7 Å². The fourth-order valence-electron chi connectivity index (χ4n) is 1.87. The summed E-state index contributed by atoms with van der Waals surface area (Å²) in [5.41, 5.74) is 3.53. The molecule has 19 heavy (non-hydrogen) atoms. The van der Waals surface area contributed by atoms with Crippen LogP contribution in [0.3, 0.4) is 0 Å². The third-order valence-electron chi connectivity index (χ3n) is 2.87. The first kappa shape index (κ1) is 13.6. The molecule has 0 aliphatic rings. The molecule has 0 spiro atoms. The highest BCUT2D eigenvalue weighted by molar-refractivity contribution is 9.10. The van der Waals surface area contributed by atoms with Gasteiger partial charge in [0, 0.05) is 4.47 Å². The number of hydrogen-bond donors (Lipinski definition) is 1. The van der Waals surface area contributed by atoms with E-state index in [1.165, 1.54) is 5.56 Å². The highest BCUT2D eigenvalue weighted by Crippen LogP contribution is 2.26. The van der Waals surface area contributed by atoms with Crippen molar-refractivity contribution in [2.45, 2.75) is 6.42 Å². The van der Waals surface area contributed by atoms with Gasteiger partial charge >= 0.3 is 5.97 Å². The number of carboxylic acids is 1. The lowest BCUT2D eigenvalue weighted by Gasteiger charge is -2.06. The van der Waals surface area contributed by atoms with Crippen LogP contribution in [0.4, 0.5) is 0 Å². The summed E-state index contributed by atoms with van der Waals surface area (Å²) in [6, 6.07) is 13.4. The zero-order chi connectivity index (χ0) is 13.8. The Hall–Kier alpha value is -1.87. The summed E-state index contributed by atoms with van der Waals surface area (Å²) in [5, 5.41) is 8.98. The molecule has 96 valence electrons. The number of hydrogen-bond acceptors (Lipinski definition) is 1. The number of aromatic carboxylic acids is 1. The molecule has 0 fully saturated rings. The minimum Gasteiger partial charge on any atom is -0.478 e. The Balaban J connectivity index is 2.34. The van der Waals surface area contributed by atoms with E-state index in [-0.39, 0.29) is 5.56 Å². The van der Waals surface area contributed by atoms with E-state index in [9.17, 15) is 4.79 Å². The van der Waals surface area contributed by atoms with Gasteiger partial charge in [0.05, 0.1) is 5.56 Å². The van der Waals surface area contributed by atoms with Gasteiger partial charge in [0.15, 0.2) is 0 Å². The minimum atomic E-state index is -0.931. The standard InChI is InChI=1S/C16H13BrO2/c1-2-3-11-4-6-12(7-5-11)13-8-9-14(16(18)19)15(17)10-13/h2,4-10H,1,3H2,(H,18,19). The van der Waals surface area contributed by atoms with E-state index in [4.69, 9.17) is 5.11 Å². The lowest BCUT2D eigenvalue weighted by Crippen LogP contribution is -1.97. The van der Waals surface area contributed by atoms with Crippen molar-refractivity contribution in [3.63, 3.8) is 0 Å². The van der Waals surface area contributed by atoms with Crippen molar-refractivity contribution in [2.75, 3.05) is 0 Å². The van der Waals surface area contributed by atoms with E-state index >= 15 is 0 Å². The van der Waals surface area contributed by atoms with E-state index in [2.05, 4.69) is 34.6 Å². The third kappa shape index (κ3) is 3.12. The Bertz CT molecular complexity index is 615. The van der Waals surface area contributed by atoms with Gasteiger partial charge in [0.1, 0.15) is 0 Å². The van der Waals surface area contributed by atoms with Crippen LogP contribution in [-0.2, 0) is 6.42 Å². The van der Waals surface area contributed by atoms with Crippen molar-refractivity contribution < 1.29 is 9.90 Å². The van der Waals surface area contributed by atoms with Crippen LogP contribution in [-0.4, -0.2) is 11.1 Å². The lowest BCUT2D eigenvalue weighted by atomic mass is 10.0. The normalized spacial score (nSPS) is 10.2. The molecule has 0 bridgehead atoms. The zero-order valence-electron chi connectivity index (χ0n) is 10.3. The number of carbonyl (C=O) groups is 1. The molecule has 3 heteroatoms. The number of halogens is 1. The molecule has 0 saturated heterocycles. The molecule has 0 atom stereocenters. The topological polar surface area (TPSA) is 37.3 Å². The second-order valence-electron chi connectivity index (χ2n) is 4.19. The second kappa shape index (κ2) is 5.85. The van der Waals surface area contributed by atoms with E-state index in [1.54, 1.807) is 6.07 Å². The SMILES string of the molecule is C=CCc1ccc(-c2ccc(C(=O)O)c(Br)c2)cc1. The monoisotopic (exact) mass is 316 g/mol. The Labute approximate surface area is 120 Å². The van der Waals surface area contributed by atoms with Crippen LogP contribution in [0.1, 0.15) is 15.9 Å². The first-order valence-electron chi connectivity index (χ1n) is 5.85. The van der Waals surface area contributed by atoms with Crippen LogP contribution < -0.4 is 0 Å². The summed E-state index contributed by atoms with van der Waals surface area (Å²) < 4.78 is 0.590. The summed E-state index contributed by atoms with van der Waals surface area (Å²) in [7, 11) is 0. The van der Waals surface area contributed by atoms with Crippen molar-refractivity contribution in [3.8, 4) is 11.1 Å². The van der Waals surface area contributed by atoms with Crippen LogP contribution in [0.5, 0.6) is 0 Å². The van der Waals surface area contributed by atoms with Gasteiger partial charge in [-0.05, 0) is 51.2 Å². The van der Waals surface area contributed by atoms with Gasteiger partial charge in [0.25, 0.3) is 0 Å². The quantitative estimate of drug-likeness (QED) is 0.841. The van der Waals surface area contributed by atoms with Crippen LogP contribution in [0.2, 0.25) is 0 Å². The summed E-state index contributed by atoms with van der Waals surface area (Å²) in [4.78, 5) is 10.9. The van der Waals surface area contributed by atoms with Gasteiger partial charge in [-0.3, -0.25) is 0 Å². The van der Waals surface area contributed by atoms with Crippen molar-refractivity contribution in [1.82, 2.24) is 0 Å². The Morgan fingerprint density at radius 3 is 2.32 bits per heavy atom. The largest absolute Gasteiger partial charge is 0.478 e. The van der Waals surface area contributed by atoms with E-state index in [0.29, 0.717) is 4.47 Å². The molecule has 1 N–H and O–H groups in total. The molecule has 0 unspecified atom stereocenters. The summed E-state index contributed by atoms with van der Waals surface area (Å²) in [6.07, 6.45) is 2.72. The maximum absolute atomic E-state index is 10.9. The van der Waals surface area contributed by atoms with Gasteiger partial charge in [-0.2, -0.15) is 0 Å². The molecule has 2 nitrogen and oxygen atoms in total. The zero-order valence-corrected chi connectivity index (χ0v) is 11.9. The van der Waals surface area contributed by atoms with Gasteiger partial charge in [-0.25, -0.2) is 4.79 Å². The fourth-order valence-corrected chi connectivity index (χ4v) is 2.42.